The summed E-state index contributed by atoms with van der Waals surface area (Å²) in [6, 6.07) is 0. The van der Waals surface area contributed by atoms with Gasteiger partial charge >= 0.3 is 0 Å². The Morgan fingerprint density at radius 2 is 2.31 bits per heavy atom. The highest BCUT2D eigenvalue weighted by atomic mass is 19.1. The third-order valence-electron chi connectivity index (χ3n) is 2.61. The van der Waals surface area contributed by atoms with E-state index in [0.29, 0.717) is 5.92 Å². The molecule has 1 aliphatic heterocycles. The summed E-state index contributed by atoms with van der Waals surface area (Å²) in [7, 11) is 0. The maximum absolute atomic E-state index is 13.5. The highest BCUT2D eigenvalue weighted by Gasteiger charge is 2.23. The minimum atomic E-state index is -0.0683. The average molecular weight is 179 g/mol. The van der Waals surface area contributed by atoms with Crippen LogP contribution in [0.15, 0.2) is 35.3 Å². The van der Waals surface area contributed by atoms with Crippen molar-refractivity contribution in [3.8, 4) is 0 Å². The van der Waals surface area contributed by atoms with Gasteiger partial charge in [-0.15, -0.1) is 0 Å². The second-order valence-corrected chi connectivity index (χ2v) is 3.93. The van der Waals surface area contributed by atoms with Crippen LogP contribution < -0.4 is 5.32 Å². The molecule has 0 aromatic rings. The van der Waals surface area contributed by atoms with Gasteiger partial charge in [-0.3, -0.25) is 0 Å². The Morgan fingerprint density at radius 1 is 1.54 bits per heavy atom. The number of halogens is 1. The summed E-state index contributed by atoms with van der Waals surface area (Å²) in [5.74, 6) is 0.594. The third kappa shape index (κ3) is 1.41. The number of allylic oxidation sites excluding steroid dienone is 3. The second kappa shape index (κ2) is 3.02. The van der Waals surface area contributed by atoms with E-state index in [2.05, 4.69) is 5.32 Å². The molecule has 0 saturated carbocycles. The molecule has 1 unspecified atom stereocenters. The molecule has 0 aromatic carbocycles. The predicted octanol–water partition coefficient (Wildman–Crippen LogP) is 2.54. The van der Waals surface area contributed by atoms with E-state index in [1.807, 2.05) is 26.1 Å². The number of hydrogen-bond donors (Lipinski definition) is 1. The molecule has 1 N–H and O–H groups in total. The SMILES string of the molecule is CC(C)C1=CC2CNC=C2C=C1F. The molecular formula is C11H14FN. The molecule has 2 heteroatoms. The van der Waals surface area contributed by atoms with Crippen LogP contribution in [0.3, 0.4) is 0 Å². The molecule has 0 amide bonds. The van der Waals surface area contributed by atoms with Gasteiger partial charge < -0.3 is 5.32 Å². The van der Waals surface area contributed by atoms with Gasteiger partial charge in [0.15, 0.2) is 0 Å². The molecule has 1 nitrogen and oxygen atoms in total. The van der Waals surface area contributed by atoms with Crippen LogP contribution in [0.5, 0.6) is 0 Å². The molecule has 0 spiro atoms. The van der Waals surface area contributed by atoms with Gasteiger partial charge in [0.05, 0.1) is 0 Å². The fourth-order valence-electron chi connectivity index (χ4n) is 1.83. The predicted molar refractivity (Wildman–Crippen MR) is 51.7 cm³/mol. The Labute approximate surface area is 78.0 Å². The van der Waals surface area contributed by atoms with Crippen molar-refractivity contribution in [2.45, 2.75) is 13.8 Å². The van der Waals surface area contributed by atoms with Crippen LogP contribution in [0.25, 0.3) is 0 Å². The lowest BCUT2D eigenvalue weighted by Crippen LogP contribution is -2.12. The lowest BCUT2D eigenvalue weighted by Gasteiger charge is -2.18. The Kier molecular flexibility index (Phi) is 1.98. The van der Waals surface area contributed by atoms with Gasteiger partial charge in [-0.05, 0) is 23.1 Å². The molecule has 0 radical (unpaired) electrons. The minimum absolute atomic E-state index is 0.0683. The molecule has 13 heavy (non-hydrogen) atoms. The lowest BCUT2D eigenvalue weighted by atomic mass is 9.88. The molecular weight excluding hydrogens is 165 g/mol. The average Bonchev–Trinajstić information content (AvgIpc) is 2.48. The standard InChI is InChI=1S/C11H14FN/c1-7(2)10-3-8-5-13-6-9(8)4-11(10)12/h3-4,6-8,13H,5H2,1-2H3. The Balaban J connectivity index is 2.33. The summed E-state index contributed by atoms with van der Waals surface area (Å²) < 4.78 is 13.5. The van der Waals surface area contributed by atoms with Gasteiger partial charge in [0, 0.05) is 18.7 Å². The van der Waals surface area contributed by atoms with Crippen LogP contribution in [-0.2, 0) is 0 Å². The van der Waals surface area contributed by atoms with Crippen LogP contribution in [0.4, 0.5) is 4.39 Å². The molecule has 0 fully saturated rings. The summed E-state index contributed by atoms with van der Waals surface area (Å²) in [6.07, 6.45) is 5.60. The van der Waals surface area contributed by atoms with E-state index in [0.717, 1.165) is 17.7 Å². The smallest absolute Gasteiger partial charge is 0.126 e. The van der Waals surface area contributed by atoms with Gasteiger partial charge in [-0.1, -0.05) is 19.9 Å². The van der Waals surface area contributed by atoms with Crippen molar-refractivity contribution in [2.75, 3.05) is 6.54 Å². The van der Waals surface area contributed by atoms with Gasteiger partial charge in [-0.25, -0.2) is 4.39 Å². The van der Waals surface area contributed by atoms with Gasteiger partial charge in [0.2, 0.25) is 0 Å². The molecule has 0 saturated heterocycles. The minimum Gasteiger partial charge on any atom is -0.390 e. The van der Waals surface area contributed by atoms with Crippen molar-refractivity contribution >= 4 is 0 Å². The first-order chi connectivity index (χ1) is 6.18. The highest BCUT2D eigenvalue weighted by Crippen LogP contribution is 2.33. The quantitative estimate of drug-likeness (QED) is 0.652. The second-order valence-electron chi connectivity index (χ2n) is 3.93. The monoisotopic (exact) mass is 179 g/mol. The van der Waals surface area contributed by atoms with E-state index >= 15 is 0 Å². The van der Waals surface area contributed by atoms with Crippen molar-refractivity contribution in [3.63, 3.8) is 0 Å². The first kappa shape index (κ1) is 8.54. The lowest BCUT2D eigenvalue weighted by molar-refractivity contribution is 0.588. The Bertz CT molecular complexity index is 310. The Hall–Kier alpha value is -1.05. The van der Waals surface area contributed by atoms with Crippen molar-refractivity contribution in [1.82, 2.24) is 5.32 Å². The van der Waals surface area contributed by atoms with E-state index in [9.17, 15) is 4.39 Å². The number of hydrogen-bond acceptors (Lipinski definition) is 1. The summed E-state index contributed by atoms with van der Waals surface area (Å²) in [6.45, 7) is 4.96. The normalized spacial score (nSPS) is 26.2. The van der Waals surface area contributed by atoms with Crippen LogP contribution in [-0.4, -0.2) is 6.54 Å². The maximum Gasteiger partial charge on any atom is 0.126 e. The third-order valence-corrected chi connectivity index (χ3v) is 2.61. The molecule has 70 valence electrons. The van der Waals surface area contributed by atoms with Crippen molar-refractivity contribution in [1.29, 1.82) is 0 Å². The van der Waals surface area contributed by atoms with Gasteiger partial charge in [0.1, 0.15) is 5.83 Å². The van der Waals surface area contributed by atoms with Crippen LogP contribution in [0, 0.1) is 11.8 Å². The van der Waals surface area contributed by atoms with Crippen molar-refractivity contribution in [3.05, 3.63) is 35.3 Å². The van der Waals surface area contributed by atoms with Gasteiger partial charge in [-0.2, -0.15) is 0 Å². The molecule has 1 atom stereocenters. The van der Waals surface area contributed by atoms with E-state index in [1.54, 1.807) is 6.08 Å². The zero-order chi connectivity index (χ0) is 9.42. The molecule has 0 aromatic heterocycles. The number of nitrogens with one attached hydrogen (secondary N) is 1. The maximum atomic E-state index is 13.5. The van der Waals surface area contributed by atoms with Crippen molar-refractivity contribution < 1.29 is 4.39 Å². The van der Waals surface area contributed by atoms with E-state index in [4.69, 9.17) is 0 Å². The molecule has 0 bridgehead atoms. The number of rotatable bonds is 1. The van der Waals surface area contributed by atoms with E-state index in [1.165, 1.54) is 0 Å². The summed E-state index contributed by atoms with van der Waals surface area (Å²) in [5, 5.41) is 3.13. The molecule has 1 heterocycles. The summed E-state index contributed by atoms with van der Waals surface area (Å²) in [4.78, 5) is 0. The molecule has 1 aliphatic carbocycles. The topological polar surface area (TPSA) is 12.0 Å². The Morgan fingerprint density at radius 3 is 3.00 bits per heavy atom. The van der Waals surface area contributed by atoms with Crippen molar-refractivity contribution in [2.24, 2.45) is 11.8 Å². The summed E-state index contributed by atoms with van der Waals surface area (Å²) >= 11 is 0. The zero-order valence-corrected chi connectivity index (χ0v) is 7.97. The molecule has 2 rings (SSSR count). The first-order valence-electron chi connectivity index (χ1n) is 4.71. The van der Waals surface area contributed by atoms with Crippen LogP contribution in [0.1, 0.15) is 13.8 Å². The molecule has 2 aliphatic rings. The van der Waals surface area contributed by atoms with Gasteiger partial charge in [0.25, 0.3) is 0 Å². The fourth-order valence-corrected chi connectivity index (χ4v) is 1.83. The van der Waals surface area contributed by atoms with E-state index in [-0.39, 0.29) is 11.7 Å². The highest BCUT2D eigenvalue weighted by molar-refractivity contribution is 5.44. The number of fused-ring (bicyclic) bond motifs is 1. The largest absolute Gasteiger partial charge is 0.390 e. The summed E-state index contributed by atoms with van der Waals surface area (Å²) in [5.41, 5.74) is 1.92. The van der Waals surface area contributed by atoms with Crippen LogP contribution in [0.2, 0.25) is 0 Å². The van der Waals surface area contributed by atoms with E-state index < -0.39 is 0 Å². The zero-order valence-electron chi connectivity index (χ0n) is 7.97. The fraction of sp³-hybridized carbons (Fsp3) is 0.455. The first-order valence-corrected chi connectivity index (χ1v) is 4.71. The van der Waals surface area contributed by atoms with Crippen LogP contribution >= 0.6 is 0 Å².